The molecule has 2 nitrogen and oxygen atoms in total. The quantitative estimate of drug-likeness (QED) is 0.723. The average molecular weight is 234 g/mol. The van der Waals surface area contributed by atoms with Gasteiger partial charge in [-0.25, -0.2) is 4.98 Å². The molecular formula is C11H17F3N2. The van der Waals surface area contributed by atoms with Crippen LogP contribution in [0.5, 0.6) is 0 Å². The van der Waals surface area contributed by atoms with E-state index in [1.54, 1.807) is 4.57 Å². The minimum atomic E-state index is -4.37. The molecule has 0 N–H and O–H groups in total. The van der Waals surface area contributed by atoms with Crippen LogP contribution in [0.3, 0.4) is 0 Å². The molecule has 1 rings (SSSR count). The van der Waals surface area contributed by atoms with Crippen molar-refractivity contribution in [2.45, 2.75) is 52.3 Å². The van der Waals surface area contributed by atoms with E-state index in [1.807, 2.05) is 34.6 Å². The van der Waals surface area contributed by atoms with Gasteiger partial charge >= 0.3 is 6.18 Å². The van der Waals surface area contributed by atoms with Crippen LogP contribution in [0.4, 0.5) is 13.2 Å². The van der Waals surface area contributed by atoms with Gasteiger partial charge in [-0.05, 0) is 13.8 Å². The molecule has 0 unspecified atom stereocenters. The highest BCUT2D eigenvalue weighted by Crippen LogP contribution is 2.32. The maximum absolute atomic E-state index is 12.6. The topological polar surface area (TPSA) is 17.8 Å². The molecule has 0 saturated carbocycles. The van der Waals surface area contributed by atoms with Crippen LogP contribution in [0.2, 0.25) is 0 Å². The number of alkyl halides is 3. The summed E-state index contributed by atoms with van der Waals surface area (Å²) in [6.07, 6.45) is -3.29. The summed E-state index contributed by atoms with van der Waals surface area (Å²) in [7, 11) is 0. The Kier molecular flexibility index (Phi) is 3.09. The summed E-state index contributed by atoms with van der Waals surface area (Å²) in [4.78, 5) is 3.71. The van der Waals surface area contributed by atoms with Crippen molar-refractivity contribution in [1.82, 2.24) is 9.55 Å². The highest BCUT2D eigenvalue weighted by Gasteiger charge is 2.36. The minimum absolute atomic E-state index is 0.0298. The van der Waals surface area contributed by atoms with Crippen LogP contribution in [-0.4, -0.2) is 9.55 Å². The first-order chi connectivity index (χ1) is 7.03. The molecule has 0 bridgehead atoms. The zero-order valence-electron chi connectivity index (χ0n) is 10.2. The number of hydrogen-bond acceptors (Lipinski definition) is 1. The Hall–Kier alpha value is -1.00. The molecule has 0 saturated heterocycles. The van der Waals surface area contributed by atoms with Crippen LogP contribution < -0.4 is 0 Å². The lowest BCUT2D eigenvalue weighted by atomic mass is 9.95. The molecular weight excluding hydrogens is 217 g/mol. The summed E-state index contributed by atoms with van der Waals surface area (Å²) in [5, 5.41) is 0. The van der Waals surface area contributed by atoms with Gasteiger partial charge in [-0.2, -0.15) is 13.2 Å². The van der Waals surface area contributed by atoms with Crippen LogP contribution in [0.15, 0.2) is 6.20 Å². The zero-order valence-corrected chi connectivity index (χ0v) is 10.2. The van der Waals surface area contributed by atoms with Crippen LogP contribution in [0.1, 0.15) is 52.2 Å². The highest BCUT2D eigenvalue weighted by atomic mass is 19.4. The highest BCUT2D eigenvalue weighted by molar-refractivity contribution is 5.14. The molecule has 16 heavy (non-hydrogen) atoms. The van der Waals surface area contributed by atoms with E-state index in [0.717, 1.165) is 6.20 Å². The third-order valence-electron chi connectivity index (χ3n) is 2.25. The normalized spacial score (nSPS) is 13.6. The summed E-state index contributed by atoms with van der Waals surface area (Å²) >= 11 is 0. The number of aromatic nitrogens is 2. The van der Waals surface area contributed by atoms with Gasteiger partial charge in [0.25, 0.3) is 0 Å². The fourth-order valence-electron chi connectivity index (χ4n) is 1.48. The molecule has 92 valence electrons. The van der Waals surface area contributed by atoms with Crippen LogP contribution in [0, 0.1) is 0 Å². The Balaban J connectivity index is 3.32. The molecule has 0 aromatic carbocycles. The van der Waals surface area contributed by atoms with Gasteiger partial charge in [0, 0.05) is 17.7 Å². The lowest BCUT2D eigenvalue weighted by Crippen LogP contribution is -2.20. The van der Waals surface area contributed by atoms with E-state index in [1.165, 1.54) is 0 Å². The fourth-order valence-corrected chi connectivity index (χ4v) is 1.48. The molecule has 0 aliphatic rings. The number of hydrogen-bond donors (Lipinski definition) is 0. The molecule has 1 aromatic rings. The minimum Gasteiger partial charge on any atom is -0.331 e. The smallest absolute Gasteiger partial charge is 0.331 e. The predicted molar refractivity (Wildman–Crippen MR) is 56.3 cm³/mol. The first kappa shape index (κ1) is 13.1. The van der Waals surface area contributed by atoms with Crippen LogP contribution in [-0.2, 0) is 11.6 Å². The van der Waals surface area contributed by atoms with Gasteiger partial charge < -0.3 is 4.57 Å². The van der Waals surface area contributed by atoms with E-state index in [9.17, 15) is 13.2 Å². The van der Waals surface area contributed by atoms with Crippen molar-refractivity contribution < 1.29 is 13.2 Å². The Labute approximate surface area is 93.5 Å². The number of nitrogens with zero attached hydrogens (tertiary/aromatic N) is 2. The van der Waals surface area contributed by atoms with Gasteiger partial charge in [0.1, 0.15) is 5.82 Å². The Morgan fingerprint density at radius 1 is 1.19 bits per heavy atom. The predicted octanol–water partition coefficient (Wildman–Crippen LogP) is 3.78. The van der Waals surface area contributed by atoms with Crippen molar-refractivity contribution in [1.29, 1.82) is 0 Å². The maximum Gasteiger partial charge on any atom is 0.434 e. The average Bonchev–Trinajstić information content (AvgIpc) is 2.44. The van der Waals surface area contributed by atoms with Gasteiger partial charge in [0.15, 0.2) is 5.69 Å². The standard InChI is InChI=1S/C11H17F3N2/c1-7(2)16-6-8(11(12,13)14)15-9(16)10(3,4)5/h6-7H,1-5H3. The van der Waals surface area contributed by atoms with E-state index in [0.29, 0.717) is 5.82 Å². The summed E-state index contributed by atoms with van der Waals surface area (Å²) in [5.41, 5.74) is -1.21. The lowest BCUT2D eigenvalue weighted by Gasteiger charge is -2.21. The number of halogens is 3. The number of imidazole rings is 1. The third-order valence-corrected chi connectivity index (χ3v) is 2.25. The molecule has 1 aromatic heterocycles. The van der Waals surface area contributed by atoms with Crippen molar-refractivity contribution in [2.75, 3.05) is 0 Å². The van der Waals surface area contributed by atoms with E-state index in [4.69, 9.17) is 0 Å². The van der Waals surface area contributed by atoms with Gasteiger partial charge in [0.2, 0.25) is 0 Å². The maximum atomic E-state index is 12.6. The van der Waals surface area contributed by atoms with Crippen molar-refractivity contribution in [3.8, 4) is 0 Å². The van der Waals surface area contributed by atoms with E-state index in [-0.39, 0.29) is 6.04 Å². The molecule has 0 fully saturated rings. The number of rotatable bonds is 1. The van der Waals surface area contributed by atoms with Crippen molar-refractivity contribution >= 4 is 0 Å². The Morgan fingerprint density at radius 2 is 1.69 bits per heavy atom. The van der Waals surface area contributed by atoms with Crippen molar-refractivity contribution in [3.05, 3.63) is 17.7 Å². The Bertz CT molecular complexity index is 370. The first-order valence-electron chi connectivity index (χ1n) is 5.20. The summed E-state index contributed by atoms with van der Waals surface area (Å²) < 4.78 is 39.3. The fraction of sp³-hybridized carbons (Fsp3) is 0.727. The van der Waals surface area contributed by atoms with Gasteiger partial charge in [-0.3, -0.25) is 0 Å². The third kappa shape index (κ3) is 2.57. The second kappa shape index (κ2) is 3.79. The molecule has 5 heteroatoms. The molecule has 0 spiro atoms. The molecule has 0 radical (unpaired) electrons. The van der Waals surface area contributed by atoms with Crippen LogP contribution >= 0.6 is 0 Å². The van der Waals surface area contributed by atoms with Gasteiger partial charge in [-0.1, -0.05) is 20.8 Å². The summed E-state index contributed by atoms with van der Waals surface area (Å²) in [6.45, 7) is 9.26. The monoisotopic (exact) mass is 234 g/mol. The Morgan fingerprint density at radius 3 is 1.94 bits per heavy atom. The van der Waals surface area contributed by atoms with Crippen LogP contribution in [0.25, 0.3) is 0 Å². The molecule has 0 aliphatic heterocycles. The largest absolute Gasteiger partial charge is 0.434 e. The van der Waals surface area contributed by atoms with Gasteiger partial charge in [0.05, 0.1) is 0 Å². The molecule has 0 amide bonds. The molecule has 0 atom stereocenters. The molecule has 0 aliphatic carbocycles. The summed E-state index contributed by atoms with van der Waals surface area (Å²) in [6, 6.07) is -0.0298. The van der Waals surface area contributed by atoms with Crippen molar-refractivity contribution in [2.24, 2.45) is 0 Å². The summed E-state index contributed by atoms with van der Waals surface area (Å²) in [5.74, 6) is 0.467. The van der Waals surface area contributed by atoms with E-state index in [2.05, 4.69) is 4.98 Å². The SMILES string of the molecule is CC(C)n1cc(C(F)(F)F)nc1C(C)(C)C. The van der Waals surface area contributed by atoms with E-state index < -0.39 is 17.3 Å². The second-order valence-corrected chi connectivity index (χ2v) is 5.20. The van der Waals surface area contributed by atoms with Gasteiger partial charge in [-0.15, -0.1) is 0 Å². The molecule has 1 heterocycles. The zero-order chi connectivity index (χ0) is 12.7. The van der Waals surface area contributed by atoms with E-state index >= 15 is 0 Å². The lowest BCUT2D eigenvalue weighted by molar-refractivity contribution is -0.141. The first-order valence-corrected chi connectivity index (χ1v) is 5.20. The second-order valence-electron chi connectivity index (χ2n) is 5.20. The van der Waals surface area contributed by atoms with Crippen molar-refractivity contribution in [3.63, 3.8) is 0 Å².